The molecule has 6 heteroatoms. The average molecular weight is 327 g/mol. The summed E-state index contributed by atoms with van der Waals surface area (Å²) in [6.07, 6.45) is 2.56. The summed E-state index contributed by atoms with van der Waals surface area (Å²) in [4.78, 5) is 16.4. The molecule has 24 heavy (non-hydrogen) atoms. The quantitative estimate of drug-likeness (QED) is 0.842. The highest BCUT2D eigenvalue weighted by molar-refractivity contribution is 5.76. The zero-order chi connectivity index (χ0) is 17.1. The second kappa shape index (κ2) is 7.13. The highest BCUT2D eigenvalue weighted by atomic mass is 16.2. The van der Waals surface area contributed by atoms with Gasteiger partial charge in [0.05, 0.1) is 12.2 Å². The van der Waals surface area contributed by atoms with Crippen molar-refractivity contribution in [2.45, 2.75) is 19.4 Å². The van der Waals surface area contributed by atoms with E-state index in [2.05, 4.69) is 17.2 Å². The molecule has 0 radical (unpaired) electrons. The van der Waals surface area contributed by atoms with Crippen LogP contribution >= 0.6 is 0 Å². The van der Waals surface area contributed by atoms with Gasteiger partial charge in [-0.1, -0.05) is 42.5 Å². The molecule has 1 amide bonds. The molecule has 1 aliphatic heterocycles. The minimum atomic E-state index is 0.193. The standard InChI is InChI=1S/C18H25N5O/c1-14-11-22(18(24)9-10-21(2)3)13-17(14)23-12-16(19-20-23)15-7-5-4-6-8-15/h4-8,12,14,17H,9-11,13H2,1-3H3/t14-,17+/m1/s1. The fourth-order valence-electron chi connectivity index (χ4n) is 3.15. The number of rotatable bonds is 5. The van der Waals surface area contributed by atoms with E-state index in [1.54, 1.807) is 0 Å². The van der Waals surface area contributed by atoms with Gasteiger partial charge in [0.1, 0.15) is 5.69 Å². The Morgan fingerprint density at radius 3 is 2.71 bits per heavy atom. The third-order valence-electron chi connectivity index (χ3n) is 4.62. The van der Waals surface area contributed by atoms with Crippen LogP contribution in [0.3, 0.4) is 0 Å². The van der Waals surface area contributed by atoms with Crippen LogP contribution in [0.2, 0.25) is 0 Å². The van der Waals surface area contributed by atoms with Gasteiger partial charge in [-0.25, -0.2) is 4.68 Å². The topological polar surface area (TPSA) is 54.3 Å². The number of carbonyl (C=O) groups excluding carboxylic acids is 1. The van der Waals surface area contributed by atoms with Gasteiger partial charge in [0.2, 0.25) is 5.91 Å². The third-order valence-corrected chi connectivity index (χ3v) is 4.62. The Balaban J connectivity index is 1.67. The number of nitrogens with zero attached hydrogens (tertiary/aromatic N) is 5. The van der Waals surface area contributed by atoms with E-state index in [0.717, 1.165) is 24.3 Å². The van der Waals surface area contributed by atoms with Crippen molar-refractivity contribution in [2.75, 3.05) is 33.7 Å². The van der Waals surface area contributed by atoms with E-state index in [0.29, 0.717) is 18.9 Å². The van der Waals surface area contributed by atoms with Crippen molar-refractivity contribution in [3.05, 3.63) is 36.5 Å². The van der Waals surface area contributed by atoms with Gasteiger partial charge in [0.25, 0.3) is 0 Å². The van der Waals surface area contributed by atoms with Crippen LogP contribution in [0.5, 0.6) is 0 Å². The summed E-state index contributed by atoms with van der Waals surface area (Å²) >= 11 is 0. The molecule has 0 bridgehead atoms. The average Bonchev–Trinajstić information content (AvgIpc) is 3.20. The Hall–Kier alpha value is -2.21. The van der Waals surface area contributed by atoms with Gasteiger partial charge in [0, 0.05) is 31.6 Å². The molecular weight excluding hydrogens is 302 g/mol. The highest BCUT2D eigenvalue weighted by Gasteiger charge is 2.34. The van der Waals surface area contributed by atoms with Gasteiger partial charge in [-0.3, -0.25) is 4.79 Å². The van der Waals surface area contributed by atoms with Gasteiger partial charge in [0.15, 0.2) is 0 Å². The van der Waals surface area contributed by atoms with Crippen molar-refractivity contribution >= 4 is 5.91 Å². The normalized spacial score (nSPS) is 20.8. The highest BCUT2D eigenvalue weighted by Crippen LogP contribution is 2.28. The summed E-state index contributed by atoms with van der Waals surface area (Å²) in [5, 5.41) is 8.61. The van der Waals surface area contributed by atoms with Crippen molar-refractivity contribution < 1.29 is 4.79 Å². The monoisotopic (exact) mass is 327 g/mol. The van der Waals surface area contributed by atoms with Gasteiger partial charge < -0.3 is 9.80 Å². The minimum absolute atomic E-state index is 0.193. The Morgan fingerprint density at radius 1 is 1.25 bits per heavy atom. The lowest BCUT2D eigenvalue weighted by atomic mass is 10.1. The summed E-state index contributed by atoms with van der Waals surface area (Å²) in [6, 6.07) is 10.2. The van der Waals surface area contributed by atoms with Gasteiger partial charge >= 0.3 is 0 Å². The molecule has 0 saturated carbocycles. The van der Waals surface area contributed by atoms with Crippen molar-refractivity contribution in [1.82, 2.24) is 24.8 Å². The van der Waals surface area contributed by atoms with Crippen LogP contribution in [0.1, 0.15) is 19.4 Å². The largest absolute Gasteiger partial charge is 0.340 e. The molecule has 1 aromatic heterocycles. The molecule has 2 aromatic rings. The SMILES string of the molecule is C[C@@H]1CN(C(=O)CCN(C)C)C[C@@H]1n1cc(-c2ccccc2)nn1. The van der Waals surface area contributed by atoms with E-state index in [9.17, 15) is 4.79 Å². The maximum Gasteiger partial charge on any atom is 0.223 e. The van der Waals surface area contributed by atoms with Gasteiger partial charge in [-0.15, -0.1) is 5.10 Å². The van der Waals surface area contributed by atoms with Crippen molar-refractivity contribution in [2.24, 2.45) is 5.92 Å². The number of hydrogen-bond acceptors (Lipinski definition) is 4. The number of amides is 1. The van der Waals surface area contributed by atoms with Crippen LogP contribution in [0.25, 0.3) is 11.3 Å². The molecule has 3 rings (SSSR count). The van der Waals surface area contributed by atoms with Crippen LogP contribution < -0.4 is 0 Å². The first kappa shape index (κ1) is 16.6. The van der Waals surface area contributed by atoms with E-state index in [4.69, 9.17) is 0 Å². The molecule has 6 nitrogen and oxygen atoms in total. The summed E-state index contributed by atoms with van der Waals surface area (Å²) in [5.41, 5.74) is 1.94. The second-order valence-electron chi connectivity index (χ2n) is 6.85. The second-order valence-corrected chi connectivity index (χ2v) is 6.85. The molecule has 0 N–H and O–H groups in total. The molecular formula is C18H25N5O. The predicted molar refractivity (Wildman–Crippen MR) is 93.4 cm³/mol. The summed E-state index contributed by atoms with van der Waals surface area (Å²) in [5.74, 6) is 0.597. The zero-order valence-electron chi connectivity index (χ0n) is 14.6. The predicted octanol–water partition coefficient (Wildman–Crippen LogP) is 1.92. The van der Waals surface area contributed by atoms with Crippen LogP contribution in [-0.2, 0) is 4.79 Å². The molecule has 0 spiro atoms. The third kappa shape index (κ3) is 3.64. The number of hydrogen-bond donors (Lipinski definition) is 0. The molecule has 2 heterocycles. The minimum Gasteiger partial charge on any atom is -0.340 e. The number of aromatic nitrogens is 3. The lowest BCUT2D eigenvalue weighted by Gasteiger charge is -2.17. The van der Waals surface area contributed by atoms with Crippen LogP contribution in [-0.4, -0.2) is 64.4 Å². The summed E-state index contributed by atoms with van der Waals surface area (Å²) in [7, 11) is 3.98. The fourth-order valence-corrected chi connectivity index (χ4v) is 3.15. The van der Waals surface area contributed by atoms with E-state index in [-0.39, 0.29) is 11.9 Å². The lowest BCUT2D eigenvalue weighted by Crippen LogP contribution is -2.31. The van der Waals surface area contributed by atoms with E-state index in [1.807, 2.05) is 65.1 Å². The maximum atomic E-state index is 12.4. The molecule has 1 aromatic carbocycles. The number of benzene rings is 1. The molecule has 2 atom stereocenters. The van der Waals surface area contributed by atoms with Gasteiger partial charge in [-0.05, 0) is 20.0 Å². The van der Waals surface area contributed by atoms with Crippen LogP contribution in [0.15, 0.2) is 36.5 Å². The number of carbonyl (C=O) groups is 1. The van der Waals surface area contributed by atoms with E-state index in [1.165, 1.54) is 0 Å². The lowest BCUT2D eigenvalue weighted by molar-refractivity contribution is -0.130. The molecule has 1 aliphatic rings. The zero-order valence-corrected chi connectivity index (χ0v) is 14.6. The summed E-state index contributed by atoms with van der Waals surface area (Å²) in [6.45, 7) is 4.46. The molecule has 128 valence electrons. The number of likely N-dealkylation sites (tertiary alicyclic amines) is 1. The first-order chi connectivity index (χ1) is 11.5. The Kier molecular flexibility index (Phi) is 4.94. The van der Waals surface area contributed by atoms with Crippen molar-refractivity contribution in [1.29, 1.82) is 0 Å². The maximum absolute atomic E-state index is 12.4. The molecule has 1 fully saturated rings. The van der Waals surface area contributed by atoms with Crippen LogP contribution in [0, 0.1) is 5.92 Å². The first-order valence-electron chi connectivity index (χ1n) is 8.44. The van der Waals surface area contributed by atoms with E-state index < -0.39 is 0 Å². The Labute approximate surface area is 143 Å². The first-order valence-corrected chi connectivity index (χ1v) is 8.44. The van der Waals surface area contributed by atoms with E-state index >= 15 is 0 Å². The van der Waals surface area contributed by atoms with Crippen molar-refractivity contribution in [3.63, 3.8) is 0 Å². The van der Waals surface area contributed by atoms with Crippen LogP contribution in [0.4, 0.5) is 0 Å². The Bertz CT molecular complexity index is 682. The molecule has 1 saturated heterocycles. The Morgan fingerprint density at radius 2 is 2.00 bits per heavy atom. The molecule has 0 aliphatic carbocycles. The smallest absolute Gasteiger partial charge is 0.223 e. The summed E-state index contributed by atoms with van der Waals surface area (Å²) < 4.78 is 1.92. The molecule has 0 unspecified atom stereocenters. The fraction of sp³-hybridized carbons (Fsp3) is 0.500. The van der Waals surface area contributed by atoms with Crippen molar-refractivity contribution in [3.8, 4) is 11.3 Å². The van der Waals surface area contributed by atoms with Gasteiger partial charge in [-0.2, -0.15) is 0 Å².